The van der Waals surface area contributed by atoms with Crippen molar-refractivity contribution in [2.45, 2.75) is 178 Å². The van der Waals surface area contributed by atoms with E-state index in [1.165, 1.54) is 164 Å². The van der Waals surface area contributed by atoms with Gasteiger partial charge in [0.25, 0.3) is 0 Å². The van der Waals surface area contributed by atoms with E-state index in [9.17, 15) is 5.11 Å². The van der Waals surface area contributed by atoms with Gasteiger partial charge in [-0.25, -0.2) is 0 Å². The van der Waals surface area contributed by atoms with Gasteiger partial charge in [0.2, 0.25) is 0 Å². The molecule has 0 unspecified atom stereocenters. The van der Waals surface area contributed by atoms with Crippen LogP contribution in [0.4, 0.5) is 0 Å². The van der Waals surface area contributed by atoms with Gasteiger partial charge in [-0.3, -0.25) is 0 Å². The van der Waals surface area contributed by atoms with Crippen molar-refractivity contribution in [1.29, 1.82) is 0 Å². The smallest absolute Gasteiger partial charge is 0.0786 e. The molecule has 242 valence electrons. The Bertz CT molecular complexity index is 315. The number of hydrogen-bond acceptors (Lipinski definition) is 2. The molecule has 39 heavy (non-hydrogen) atoms. The van der Waals surface area contributed by atoms with E-state index in [-0.39, 0.29) is 5.48 Å². The Morgan fingerprint density at radius 1 is 0.359 bits per heavy atom. The normalized spacial score (nSPS) is 11.4. The molecule has 0 fully saturated rings. The van der Waals surface area contributed by atoms with Gasteiger partial charge < -0.3 is 19.5 Å². The second-order valence-electron chi connectivity index (χ2n) is 12.3. The molecule has 0 saturated heterocycles. The summed E-state index contributed by atoms with van der Waals surface area (Å²) < 4.78 is 2.84. The minimum atomic E-state index is -0.417. The Morgan fingerprint density at radius 3 is 0.538 bits per heavy atom. The van der Waals surface area contributed by atoms with Gasteiger partial charge in [-0.05, 0) is 51.4 Å². The second kappa shape index (κ2) is 34.0. The molecule has 0 saturated carbocycles. The Hall–Kier alpha value is -0.160. The second-order valence-corrected chi connectivity index (χ2v) is 12.3. The van der Waals surface area contributed by atoms with Crippen LogP contribution in [0.15, 0.2) is 0 Å². The number of quaternary nitrogens is 2. The van der Waals surface area contributed by atoms with Crippen molar-refractivity contribution in [3.05, 3.63) is 0 Å². The van der Waals surface area contributed by atoms with Crippen LogP contribution in [-0.4, -0.2) is 72.9 Å². The lowest BCUT2D eigenvalue weighted by atomic mass is 10.1. The number of rotatable bonds is 24. The van der Waals surface area contributed by atoms with Crippen LogP contribution >= 0.6 is 0 Å². The molecule has 0 radical (unpaired) electrons. The zero-order valence-corrected chi connectivity index (χ0v) is 29.3. The van der Waals surface area contributed by atoms with Gasteiger partial charge >= 0.3 is 0 Å². The highest BCUT2D eigenvalue weighted by Crippen LogP contribution is 2.17. The van der Waals surface area contributed by atoms with Crippen LogP contribution in [-0.2, 0) is 0 Å². The van der Waals surface area contributed by atoms with E-state index in [4.69, 9.17) is 0 Å². The molecule has 0 heterocycles. The van der Waals surface area contributed by atoms with E-state index >= 15 is 0 Å². The molecular formula is C35H80N2O2. The molecule has 0 aromatic carbocycles. The first-order valence-electron chi connectivity index (χ1n) is 17.6. The van der Waals surface area contributed by atoms with E-state index in [1.807, 2.05) is 0 Å². The minimum absolute atomic E-state index is 0. The van der Waals surface area contributed by atoms with Gasteiger partial charge in [-0.15, -0.1) is 6.10 Å². The summed E-state index contributed by atoms with van der Waals surface area (Å²) in [6.45, 7) is 33.3. The first-order chi connectivity index (χ1) is 18.2. The monoisotopic (exact) mass is 561 g/mol. The third-order valence-corrected chi connectivity index (χ3v) is 7.89. The average Bonchev–Trinajstić information content (AvgIpc) is 2.91. The highest BCUT2D eigenvalue weighted by atomic mass is 16.3. The Labute approximate surface area is 249 Å². The SMILES string of the molecule is CC(C)[O-].CCCC[N+](CCCC)(CCCC)CCCC.CCCC[N+](CCCC)(CCCC)CCCC.[OH-]. The van der Waals surface area contributed by atoms with Crippen molar-refractivity contribution in [3.8, 4) is 0 Å². The summed E-state index contributed by atoms with van der Waals surface area (Å²) in [5.74, 6) is 0. The third kappa shape index (κ3) is 30.6. The molecule has 0 aromatic rings. The summed E-state index contributed by atoms with van der Waals surface area (Å²) in [5.41, 5.74) is 0. The maximum absolute atomic E-state index is 9.53. The quantitative estimate of drug-likeness (QED) is 0.110. The van der Waals surface area contributed by atoms with Crippen molar-refractivity contribution in [2.24, 2.45) is 0 Å². The molecule has 0 spiro atoms. The van der Waals surface area contributed by atoms with Crippen LogP contribution in [0.5, 0.6) is 0 Å². The molecule has 0 amide bonds. The molecule has 0 aliphatic rings. The third-order valence-electron chi connectivity index (χ3n) is 7.89. The average molecular weight is 561 g/mol. The van der Waals surface area contributed by atoms with Gasteiger partial charge in [-0.1, -0.05) is 121 Å². The molecule has 0 aliphatic carbocycles. The number of nitrogens with zero attached hydrogens (tertiary/aromatic N) is 2. The lowest BCUT2D eigenvalue weighted by Gasteiger charge is -2.39. The largest absolute Gasteiger partial charge is 0.870 e. The molecular weight excluding hydrogens is 480 g/mol. The fraction of sp³-hybridized carbons (Fsp3) is 1.00. The van der Waals surface area contributed by atoms with Gasteiger partial charge in [-0.2, -0.15) is 0 Å². The van der Waals surface area contributed by atoms with E-state index in [1.54, 1.807) is 13.8 Å². The summed E-state index contributed by atoms with van der Waals surface area (Å²) in [5, 5.41) is 9.53. The summed E-state index contributed by atoms with van der Waals surface area (Å²) in [6.07, 6.45) is 21.7. The van der Waals surface area contributed by atoms with Gasteiger partial charge in [0.05, 0.1) is 52.4 Å². The Kier molecular flexibility index (Phi) is 40.0. The van der Waals surface area contributed by atoms with E-state index in [0.717, 1.165) is 0 Å². The van der Waals surface area contributed by atoms with E-state index in [2.05, 4.69) is 55.4 Å². The lowest BCUT2D eigenvalue weighted by Crippen LogP contribution is -2.50. The van der Waals surface area contributed by atoms with Crippen LogP contribution in [0, 0.1) is 0 Å². The summed E-state index contributed by atoms with van der Waals surface area (Å²) in [4.78, 5) is 0. The minimum Gasteiger partial charge on any atom is -0.870 e. The lowest BCUT2D eigenvalue weighted by molar-refractivity contribution is -0.929. The maximum atomic E-state index is 9.53. The fourth-order valence-electron chi connectivity index (χ4n) is 5.29. The van der Waals surface area contributed by atoms with Crippen molar-refractivity contribution >= 4 is 0 Å². The van der Waals surface area contributed by atoms with E-state index in [0.29, 0.717) is 0 Å². The first kappa shape index (κ1) is 45.8. The summed E-state index contributed by atoms with van der Waals surface area (Å²) >= 11 is 0. The standard InChI is InChI=1S/2C16H36N.C3H7O.H2O/c2*1-5-9-13-17(14-10-6-2,15-11-7-3)16-12-8-4;1-3(2)4;/h2*5-16H2,1-4H3;3H,1-2H3;1H2/q2*+1;-1;/p-1. The topological polar surface area (TPSA) is 53.1 Å². The van der Waals surface area contributed by atoms with Gasteiger partial charge in [0.15, 0.2) is 0 Å². The predicted octanol–water partition coefficient (Wildman–Crippen LogP) is 9.59. The molecule has 1 N–H and O–H groups in total. The molecule has 4 nitrogen and oxygen atoms in total. The number of unbranched alkanes of at least 4 members (excludes halogenated alkanes) is 8. The van der Waals surface area contributed by atoms with Gasteiger partial charge in [0, 0.05) is 0 Å². The van der Waals surface area contributed by atoms with Crippen LogP contribution in [0.25, 0.3) is 0 Å². The first-order valence-corrected chi connectivity index (χ1v) is 17.6. The zero-order valence-electron chi connectivity index (χ0n) is 29.3. The van der Waals surface area contributed by atoms with Gasteiger partial charge in [0.1, 0.15) is 0 Å². The van der Waals surface area contributed by atoms with Crippen molar-refractivity contribution in [3.63, 3.8) is 0 Å². The molecule has 4 heteroatoms. The van der Waals surface area contributed by atoms with Crippen molar-refractivity contribution < 1.29 is 19.5 Å². The highest BCUT2D eigenvalue weighted by molar-refractivity contribution is 4.50. The Balaban J connectivity index is -0.000000270. The van der Waals surface area contributed by atoms with Crippen LogP contribution < -0.4 is 5.11 Å². The Morgan fingerprint density at radius 2 is 0.462 bits per heavy atom. The molecule has 0 rings (SSSR count). The van der Waals surface area contributed by atoms with Crippen molar-refractivity contribution in [1.82, 2.24) is 0 Å². The molecule has 0 aromatic heterocycles. The summed E-state index contributed by atoms with van der Waals surface area (Å²) in [7, 11) is 0. The van der Waals surface area contributed by atoms with Crippen LogP contribution in [0.2, 0.25) is 0 Å². The molecule has 0 aliphatic heterocycles. The van der Waals surface area contributed by atoms with Crippen LogP contribution in [0.3, 0.4) is 0 Å². The number of hydrogen-bond donors (Lipinski definition) is 0. The molecule has 0 atom stereocenters. The maximum Gasteiger partial charge on any atom is 0.0786 e. The van der Waals surface area contributed by atoms with Crippen LogP contribution in [0.1, 0.15) is 172 Å². The predicted molar refractivity (Wildman–Crippen MR) is 176 cm³/mol. The zero-order chi connectivity index (χ0) is 29.5. The molecule has 0 bridgehead atoms. The summed E-state index contributed by atoms with van der Waals surface area (Å²) in [6, 6.07) is 0. The highest BCUT2D eigenvalue weighted by Gasteiger charge is 2.25. The van der Waals surface area contributed by atoms with E-state index < -0.39 is 6.10 Å². The van der Waals surface area contributed by atoms with Crippen molar-refractivity contribution in [2.75, 3.05) is 52.4 Å². The fourth-order valence-corrected chi connectivity index (χ4v) is 5.29.